The monoisotopic (exact) mass is 318 g/mol. The van der Waals surface area contributed by atoms with Crippen molar-refractivity contribution in [3.8, 4) is 0 Å². The quantitative estimate of drug-likeness (QED) is 0.746. The molecule has 0 unspecified atom stereocenters. The molecule has 1 aliphatic rings. The fourth-order valence-corrected chi connectivity index (χ4v) is 2.55. The molecule has 0 aliphatic heterocycles. The van der Waals surface area contributed by atoms with E-state index >= 15 is 0 Å². The Kier molecular flexibility index (Phi) is 3.43. The highest BCUT2D eigenvalue weighted by Crippen LogP contribution is 2.30. The van der Waals surface area contributed by atoms with Crippen LogP contribution in [0.25, 0.3) is 0 Å². The van der Waals surface area contributed by atoms with Gasteiger partial charge in [0.2, 0.25) is 0 Å². The maximum Gasteiger partial charge on any atom is 0.268 e. The van der Waals surface area contributed by atoms with E-state index in [0.29, 0.717) is 6.04 Å². The van der Waals surface area contributed by atoms with Crippen LogP contribution < -0.4 is 5.56 Å². The summed E-state index contributed by atoms with van der Waals surface area (Å²) in [7, 11) is 0. The van der Waals surface area contributed by atoms with Crippen molar-refractivity contribution in [1.82, 2.24) is 9.78 Å². The van der Waals surface area contributed by atoms with E-state index in [1.54, 1.807) is 16.9 Å². The lowest BCUT2D eigenvalue weighted by Gasteiger charge is -2.26. The van der Waals surface area contributed by atoms with Gasteiger partial charge in [-0.05, 0) is 54.2 Å². The van der Waals surface area contributed by atoms with Gasteiger partial charge in [-0.1, -0.05) is 6.92 Å². The largest absolute Gasteiger partial charge is 0.268 e. The number of nitrogens with zero attached hydrogens (tertiary/aromatic N) is 2. The van der Waals surface area contributed by atoms with Crippen molar-refractivity contribution in [1.29, 1.82) is 0 Å². The summed E-state index contributed by atoms with van der Waals surface area (Å²) in [6.07, 6.45) is 6.37. The Hall–Kier alpha value is -0.390. The van der Waals surface area contributed by atoms with Crippen LogP contribution in [-0.2, 0) is 0 Å². The van der Waals surface area contributed by atoms with Gasteiger partial charge in [0.25, 0.3) is 5.56 Å². The predicted octanol–water partition coefficient (Wildman–Crippen LogP) is 2.60. The molecule has 0 radical (unpaired) electrons. The van der Waals surface area contributed by atoms with Gasteiger partial charge in [0, 0.05) is 9.64 Å². The maximum absolute atomic E-state index is 11.7. The summed E-state index contributed by atoms with van der Waals surface area (Å²) < 4.78 is 2.58. The third-order valence-electron chi connectivity index (χ3n) is 3.12. The van der Waals surface area contributed by atoms with E-state index in [-0.39, 0.29) is 5.56 Å². The first kappa shape index (κ1) is 11.1. The third-order valence-corrected chi connectivity index (χ3v) is 3.71. The average Bonchev–Trinajstić information content (AvgIpc) is 2.20. The van der Waals surface area contributed by atoms with Crippen molar-refractivity contribution >= 4 is 22.6 Å². The van der Waals surface area contributed by atoms with Crippen LogP contribution in [0.15, 0.2) is 17.1 Å². The number of hydrogen-bond acceptors (Lipinski definition) is 2. The topological polar surface area (TPSA) is 34.9 Å². The number of rotatable bonds is 1. The SMILES string of the molecule is CC1CCC(n2ncc(I)cc2=O)CC1. The molecular weight excluding hydrogens is 303 g/mol. The third kappa shape index (κ3) is 2.59. The van der Waals surface area contributed by atoms with Gasteiger partial charge >= 0.3 is 0 Å². The minimum Gasteiger partial charge on any atom is -0.268 e. The van der Waals surface area contributed by atoms with E-state index < -0.39 is 0 Å². The molecule has 1 heterocycles. The van der Waals surface area contributed by atoms with Crippen molar-refractivity contribution in [2.45, 2.75) is 38.6 Å². The number of aromatic nitrogens is 2. The van der Waals surface area contributed by atoms with Crippen LogP contribution in [0.5, 0.6) is 0 Å². The maximum atomic E-state index is 11.7. The second-order valence-electron chi connectivity index (χ2n) is 4.37. The van der Waals surface area contributed by atoms with Crippen LogP contribution >= 0.6 is 22.6 Å². The van der Waals surface area contributed by atoms with E-state index in [1.165, 1.54) is 12.8 Å². The fourth-order valence-electron chi connectivity index (χ4n) is 2.16. The molecular formula is C11H15IN2O. The fraction of sp³-hybridized carbons (Fsp3) is 0.636. The molecule has 82 valence electrons. The van der Waals surface area contributed by atoms with Gasteiger partial charge in [-0.25, -0.2) is 4.68 Å². The minimum atomic E-state index is 0.0430. The molecule has 1 fully saturated rings. The van der Waals surface area contributed by atoms with Gasteiger partial charge in [-0.15, -0.1) is 0 Å². The Balaban J connectivity index is 2.19. The smallest absolute Gasteiger partial charge is 0.268 e. The van der Waals surface area contributed by atoms with E-state index in [1.807, 2.05) is 0 Å². The van der Waals surface area contributed by atoms with E-state index in [4.69, 9.17) is 0 Å². The average molecular weight is 318 g/mol. The van der Waals surface area contributed by atoms with E-state index in [0.717, 1.165) is 22.3 Å². The molecule has 1 saturated carbocycles. The Morgan fingerprint density at radius 1 is 1.40 bits per heavy atom. The molecule has 0 bridgehead atoms. The van der Waals surface area contributed by atoms with Gasteiger partial charge < -0.3 is 0 Å². The number of hydrogen-bond donors (Lipinski definition) is 0. The summed E-state index contributed by atoms with van der Waals surface area (Å²) >= 11 is 2.12. The summed E-state index contributed by atoms with van der Waals surface area (Å²) in [4.78, 5) is 11.7. The molecule has 4 heteroatoms. The first-order chi connectivity index (χ1) is 7.16. The van der Waals surface area contributed by atoms with Gasteiger partial charge in [0.1, 0.15) is 0 Å². The first-order valence-electron chi connectivity index (χ1n) is 5.41. The molecule has 15 heavy (non-hydrogen) atoms. The van der Waals surface area contributed by atoms with Crippen molar-refractivity contribution in [3.63, 3.8) is 0 Å². The molecule has 0 aromatic carbocycles. The zero-order valence-corrected chi connectivity index (χ0v) is 11.0. The lowest BCUT2D eigenvalue weighted by Crippen LogP contribution is -2.29. The highest BCUT2D eigenvalue weighted by molar-refractivity contribution is 14.1. The minimum absolute atomic E-state index is 0.0430. The summed E-state index contributed by atoms with van der Waals surface area (Å²) in [5.41, 5.74) is 0.0430. The van der Waals surface area contributed by atoms with Crippen LogP contribution in [0.2, 0.25) is 0 Å². The normalized spacial score (nSPS) is 26.5. The van der Waals surface area contributed by atoms with Crippen molar-refractivity contribution in [2.75, 3.05) is 0 Å². The van der Waals surface area contributed by atoms with Crippen LogP contribution in [0.3, 0.4) is 0 Å². The second kappa shape index (κ2) is 4.63. The van der Waals surface area contributed by atoms with E-state index in [2.05, 4.69) is 34.6 Å². The summed E-state index contributed by atoms with van der Waals surface area (Å²) in [6.45, 7) is 2.28. The highest BCUT2D eigenvalue weighted by atomic mass is 127. The van der Waals surface area contributed by atoms with Gasteiger partial charge in [0.15, 0.2) is 0 Å². The van der Waals surface area contributed by atoms with Crippen LogP contribution in [0.4, 0.5) is 0 Å². The Bertz CT molecular complexity index is 394. The van der Waals surface area contributed by atoms with Gasteiger partial charge in [0.05, 0.1) is 12.2 Å². The van der Waals surface area contributed by atoms with Crippen LogP contribution in [0, 0.1) is 9.49 Å². The summed E-state index contributed by atoms with van der Waals surface area (Å²) in [5.74, 6) is 0.806. The molecule has 0 amide bonds. The van der Waals surface area contributed by atoms with Crippen molar-refractivity contribution < 1.29 is 0 Å². The van der Waals surface area contributed by atoms with Crippen LogP contribution in [0.1, 0.15) is 38.6 Å². The molecule has 1 aliphatic carbocycles. The molecule has 0 N–H and O–H groups in total. The van der Waals surface area contributed by atoms with Gasteiger partial charge in [-0.3, -0.25) is 4.79 Å². The van der Waals surface area contributed by atoms with Crippen molar-refractivity contribution in [2.24, 2.45) is 5.92 Å². The second-order valence-corrected chi connectivity index (χ2v) is 5.62. The molecule has 1 aromatic heterocycles. The molecule has 1 aromatic rings. The van der Waals surface area contributed by atoms with E-state index in [9.17, 15) is 4.79 Å². The zero-order valence-electron chi connectivity index (χ0n) is 8.82. The standard InChI is InChI=1S/C11H15IN2O/c1-8-2-4-10(5-3-8)14-11(15)6-9(12)7-13-14/h6-8,10H,2-5H2,1H3. The Labute approximate surface area is 103 Å². The predicted molar refractivity (Wildman–Crippen MR) is 67.9 cm³/mol. The zero-order chi connectivity index (χ0) is 10.8. The first-order valence-corrected chi connectivity index (χ1v) is 6.49. The summed E-state index contributed by atoms with van der Waals surface area (Å²) in [6, 6.07) is 1.98. The van der Waals surface area contributed by atoms with Crippen LogP contribution in [-0.4, -0.2) is 9.78 Å². The van der Waals surface area contributed by atoms with Gasteiger partial charge in [-0.2, -0.15) is 5.10 Å². The lowest BCUT2D eigenvalue weighted by molar-refractivity contribution is 0.266. The molecule has 0 spiro atoms. The molecule has 0 atom stereocenters. The molecule has 2 rings (SSSR count). The highest BCUT2D eigenvalue weighted by Gasteiger charge is 2.20. The summed E-state index contributed by atoms with van der Waals surface area (Å²) in [5, 5.41) is 4.22. The Morgan fingerprint density at radius 3 is 2.67 bits per heavy atom. The lowest BCUT2D eigenvalue weighted by atomic mass is 9.87. The van der Waals surface area contributed by atoms with Crippen molar-refractivity contribution in [3.05, 3.63) is 26.2 Å². The molecule has 3 nitrogen and oxygen atoms in total. The number of halogens is 1. The molecule has 0 saturated heterocycles. The Morgan fingerprint density at radius 2 is 2.07 bits per heavy atom.